The van der Waals surface area contributed by atoms with Crippen LogP contribution in [0, 0.1) is 0 Å². The second-order valence-electron chi connectivity index (χ2n) is 7.85. The van der Waals surface area contributed by atoms with E-state index in [2.05, 4.69) is 4.98 Å². The maximum absolute atomic E-state index is 13.9. The molecule has 28 heavy (non-hydrogen) atoms. The van der Waals surface area contributed by atoms with E-state index in [1.54, 1.807) is 41.4 Å². The standard InChI is InChI=1S/C21H18ClFN2O3/c22-14-5-3-13(4-6-14)20(10-15(23)11-20)19(27)25-9-7-21(12-25)16-2-1-8-24-17(16)18(26)28-21/h1-6,8,15H,7,9-12H2/t15-,20+,21?. The molecule has 3 heterocycles. The number of amides is 1. The zero-order chi connectivity index (χ0) is 19.5. The molecular weight excluding hydrogens is 383 g/mol. The van der Waals surface area contributed by atoms with Gasteiger partial charge in [0, 0.05) is 29.7 Å². The molecule has 1 amide bonds. The van der Waals surface area contributed by atoms with Crippen LogP contribution in [0.2, 0.25) is 5.02 Å². The van der Waals surface area contributed by atoms with Crippen molar-refractivity contribution in [2.45, 2.75) is 36.5 Å². The molecule has 3 aliphatic rings. The van der Waals surface area contributed by atoms with E-state index >= 15 is 0 Å². The Morgan fingerprint density at radius 1 is 1.25 bits per heavy atom. The lowest BCUT2D eigenvalue weighted by Crippen LogP contribution is -2.55. The number of fused-ring (bicyclic) bond motifs is 2. The van der Waals surface area contributed by atoms with E-state index in [-0.39, 0.29) is 25.3 Å². The zero-order valence-corrected chi connectivity index (χ0v) is 15.8. The fourth-order valence-corrected chi connectivity index (χ4v) is 4.90. The Balaban J connectivity index is 1.45. The number of carbonyl (C=O) groups is 2. The van der Waals surface area contributed by atoms with Crippen LogP contribution in [0.3, 0.4) is 0 Å². The molecule has 1 aliphatic carbocycles. The molecule has 2 aliphatic heterocycles. The maximum Gasteiger partial charge on any atom is 0.358 e. The fraction of sp³-hybridized carbons (Fsp3) is 0.381. The van der Waals surface area contributed by atoms with Crippen molar-refractivity contribution in [3.63, 3.8) is 0 Å². The average Bonchev–Trinajstić information content (AvgIpc) is 3.22. The van der Waals surface area contributed by atoms with Gasteiger partial charge in [0.2, 0.25) is 5.91 Å². The second-order valence-corrected chi connectivity index (χ2v) is 8.29. The lowest BCUT2D eigenvalue weighted by atomic mass is 9.62. The van der Waals surface area contributed by atoms with Gasteiger partial charge in [-0.25, -0.2) is 14.2 Å². The van der Waals surface area contributed by atoms with Gasteiger partial charge in [0.25, 0.3) is 0 Å². The predicted molar refractivity (Wildman–Crippen MR) is 99.8 cm³/mol. The van der Waals surface area contributed by atoms with Crippen LogP contribution in [0.15, 0.2) is 42.6 Å². The van der Waals surface area contributed by atoms with Gasteiger partial charge in [-0.1, -0.05) is 29.8 Å². The van der Waals surface area contributed by atoms with Gasteiger partial charge < -0.3 is 9.64 Å². The van der Waals surface area contributed by atoms with Gasteiger partial charge in [0.1, 0.15) is 6.17 Å². The van der Waals surface area contributed by atoms with E-state index in [9.17, 15) is 14.0 Å². The number of benzene rings is 1. The summed E-state index contributed by atoms with van der Waals surface area (Å²) in [5.41, 5.74) is 0.0958. The zero-order valence-electron chi connectivity index (χ0n) is 15.0. The largest absolute Gasteiger partial charge is 0.447 e. The average molecular weight is 401 g/mol. The number of hydrogen-bond donors (Lipinski definition) is 0. The SMILES string of the molecule is O=C1OC2(CCN(C(=O)[C@]3(c4ccc(Cl)cc4)C[C@H](F)C3)C2)c2cccnc21. The Bertz CT molecular complexity index is 974. The number of esters is 1. The van der Waals surface area contributed by atoms with Gasteiger partial charge >= 0.3 is 5.97 Å². The van der Waals surface area contributed by atoms with Crippen LogP contribution in [0.5, 0.6) is 0 Å². The fourth-order valence-electron chi connectivity index (χ4n) is 4.78. The molecule has 0 radical (unpaired) electrons. The monoisotopic (exact) mass is 400 g/mol. The molecule has 2 fully saturated rings. The second kappa shape index (κ2) is 6.01. The van der Waals surface area contributed by atoms with Crippen molar-refractivity contribution in [2.24, 2.45) is 0 Å². The third-order valence-corrected chi connectivity index (χ3v) is 6.50. The highest BCUT2D eigenvalue weighted by Gasteiger charge is 2.58. The smallest absolute Gasteiger partial charge is 0.358 e. The topological polar surface area (TPSA) is 59.5 Å². The molecule has 0 N–H and O–H groups in total. The summed E-state index contributed by atoms with van der Waals surface area (Å²) < 4.78 is 19.6. The Morgan fingerprint density at radius 3 is 2.71 bits per heavy atom. The predicted octanol–water partition coefficient (Wildman–Crippen LogP) is 3.40. The van der Waals surface area contributed by atoms with Crippen molar-refractivity contribution < 1.29 is 18.7 Å². The number of likely N-dealkylation sites (tertiary alicyclic amines) is 1. The molecule has 1 aromatic carbocycles. The minimum atomic E-state index is -0.995. The minimum Gasteiger partial charge on any atom is -0.447 e. The van der Waals surface area contributed by atoms with Gasteiger partial charge in [0.05, 0.1) is 12.0 Å². The number of carbonyl (C=O) groups excluding carboxylic acids is 2. The molecule has 1 saturated carbocycles. The summed E-state index contributed by atoms with van der Waals surface area (Å²) >= 11 is 5.98. The van der Waals surface area contributed by atoms with E-state index in [1.807, 2.05) is 6.07 Å². The molecule has 1 atom stereocenters. The number of alkyl halides is 1. The molecule has 1 spiro atoms. The molecule has 5 nitrogen and oxygen atoms in total. The summed E-state index contributed by atoms with van der Waals surface area (Å²) in [6.45, 7) is 0.718. The Morgan fingerprint density at radius 2 is 2.00 bits per heavy atom. The van der Waals surface area contributed by atoms with Crippen molar-refractivity contribution in [1.29, 1.82) is 0 Å². The van der Waals surface area contributed by atoms with E-state index in [1.165, 1.54) is 0 Å². The minimum absolute atomic E-state index is 0.117. The number of ether oxygens (including phenoxy) is 1. The van der Waals surface area contributed by atoms with Crippen molar-refractivity contribution in [1.82, 2.24) is 9.88 Å². The summed E-state index contributed by atoms with van der Waals surface area (Å²) in [5, 5.41) is 0.574. The first-order valence-electron chi connectivity index (χ1n) is 9.32. The normalized spacial score (nSPS) is 30.9. The summed E-state index contributed by atoms with van der Waals surface area (Å²) in [5.74, 6) is -0.571. The molecule has 5 rings (SSSR count). The molecule has 1 unspecified atom stereocenters. The first-order chi connectivity index (χ1) is 13.4. The summed E-state index contributed by atoms with van der Waals surface area (Å²) in [4.78, 5) is 31.5. The van der Waals surface area contributed by atoms with Crippen LogP contribution < -0.4 is 0 Å². The van der Waals surface area contributed by atoms with E-state index in [0.29, 0.717) is 23.7 Å². The van der Waals surface area contributed by atoms with Gasteiger partial charge in [-0.05, 0) is 36.6 Å². The first kappa shape index (κ1) is 17.6. The Kier molecular flexibility index (Phi) is 3.78. The number of rotatable bonds is 2. The molecular formula is C21H18ClFN2O3. The molecule has 1 saturated heterocycles. The number of aromatic nitrogens is 1. The van der Waals surface area contributed by atoms with Crippen LogP contribution in [0.4, 0.5) is 4.39 Å². The number of halogens is 2. The highest BCUT2D eigenvalue weighted by atomic mass is 35.5. The van der Waals surface area contributed by atoms with Crippen molar-refractivity contribution in [3.05, 3.63) is 64.4 Å². The lowest BCUT2D eigenvalue weighted by Gasteiger charge is -2.45. The summed E-state index contributed by atoms with van der Waals surface area (Å²) in [6, 6.07) is 10.6. The maximum atomic E-state index is 13.9. The molecule has 7 heteroatoms. The third kappa shape index (κ3) is 2.40. The van der Waals surface area contributed by atoms with Gasteiger partial charge in [-0.3, -0.25) is 4.79 Å². The van der Waals surface area contributed by atoms with Crippen LogP contribution in [0.1, 0.15) is 40.9 Å². The van der Waals surface area contributed by atoms with Crippen molar-refractivity contribution in [3.8, 4) is 0 Å². The highest BCUT2D eigenvalue weighted by Crippen LogP contribution is 2.49. The summed E-state index contributed by atoms with van der Waals surface area (Å²) in [7, 11) is 0. The Labute approximate surface area is 166 Å². The Hall–Kier alpha value is -2.47. The number of hydrogen-bond acceptors (Lipinski definition) is 4. The van der Waals surface area contributed by atoms with Crippen molar-refractivity contribution >= 4 is 23.5 Å². The van der Waals surface area contributed by atoms with Crippen molar-refractivity contribution in [2.75, 3.05) is 13.1 Å². The van der Waals surface area contributed by atoms with Gasteiger partial charge in [-0.15, -0.1) is 0 Å². The lowest BCUT2D eigenvalue weighted by molar-refractivity contribution is -0.143. The third-order valence-electron chi connectivity index (χ3n) is 6.25. The van der Waals surface area contributed by atoms with Crippen LogP contribution in [-0.4, -0.2) is 41.0 Å². The number of nitrogens with zero attached hydrogens (tertiary/aromatic N) is 2. The van der Waals surface area contributed by atoms with Crippen LogP contribution in [-0.2, 0) is 20.5 Å². The van der Waals surface area contributed by atoms with Gasteiger partial charge in [0.15, 0.2) is 11.3 Å². The van der Waals surface area contributed by atoms with Crippen LogP contribution in [0.25, 0.3) is 0 Å². The highest BCUT2D eigenvalue weighted by molar-refractivity contribution is 6.30. The van der Waals surface area contributed by atoms with E-state index in [0.717, 1.165) is 11.1 Å². The van der Waals surface area contributed by atoms with E-state index in [4.69, 9.17) is 16.3 Å². The first-order valence-corrected chi connectivity index (χ1v) is 9.70. The molecule has 2 aromatic rings. The quantitative estimate of drug-likeness (QED) is 0.725. The molecule has 1 aromatic heterocycles. The summed E-state index contributed by atoms with van der Waals surface area (Å²) in [6.07, 6.45) is 1.40. The van der Waals surface area contributed by atoms with Crippen LogP contribution >= 0.6 is 11.6 Å². The molecule has 144 valence electrons. The number of pyridine rings is 1. The van der Waals surface area contributed by atoms with Gasteiger partial charge in [-0.2, -0.15) is 0 Å². The molecule has 0 bridgehead atoms. The van der Waals surface area contributed by atoms with E-state index < -0.39 is 23.2 Å².